The number of nitrogens with one attached hydrogen (secondary N) is 1. The van der Waals surface area contributed by atoms with Crippen LogP contribution in [-0.2, 0) is 9.53 Å². The molecule has 1 aliphatic heterocycles. The maximum absolute atomic E-state index is 11.9. The number of rotatable bonds is 12. The Bertz CT molecular complexity index is 365. The zero-order valence-corrected chi connectivity index (χ0v) is 15.3. The van der Waals surface area contributed by atoms with Gasteiger partial charge in [-0.25, -0.2) is 0 Å². The highest BCUT2D eigenvalue weighted by molar-refractivity contribution is 5.76. The van der Waals surface area contributed by atoms with E-state index in [2.05, 4.69) is 12.2 Å². The Morgan fingerprint density at radius 1 is 0.880 bits per heavy atom. The fourth-order valence-electron chi connectivity index (χ4n) is 3.05. The van der Waals surface area contributed by atoms with Crippen LogP contribution in [0.15, 0.2) is 0 Å². The molecular weight excluding hydrogens is 326 g/mol. The number of ether oxygens (including phenoxy) is 1. The minimum atomic E-state index is -1.47. The monoisotopic (exact) mass is 361 g/mol. The van der Waals surface area contributed by atoms with E-state index in [4.69, 9.17) is 9.84 Å². The van der Waals surface area contributed by atoms with Crippen molar-refractivity contribution >= 4 is 5.91 Å². The number of carbonyl (C=O) groups is 1. The second kappa shape index (κ2) is 12.6. The van der Waals surface area contributed by atoms with E-state index in [0.29, 0.717) is 6.42 Å². The van der Waals surface area contributed by atoms with Crippen LogP contribution in [0.2, 0.25) is 0 Å². The van der Waals surface area contributed by atoms with E-state index < -0.39 is 37.3 Å². The van der Waals surface area contributed by atoms with Crippen LogP contribution in [-0.4, -0.2) is 63.6 Å². The Labute approximate surface area is 150 Å². The molecule has 1 aliphatic rings. The molecule has 0 bridgehead atoms. The summed E-state index contributed by atoms with van der Waals surface area (Å²) in [7, 11) is 0. The molecule has 0 aromatic heterocycles. The van der Waals surface area contributed by atoms with E-state index in [-0.39, 0.29) is 5.91 Å². The van der Waals surface area contributed by atoms with Crippen LogP contribution >= 0.6 is 0 Å². The van der Waals surface area contributed by atoms with Gasteiger partial charge in [-0.3, -0.25) is 4.79 Å². The predicted octanol–water partition coefficient (Wildman–Crippen LogP) is 0.823. The maximum Gasteiger partial charge on any atom is 0.222 e. The molecule has 0 aromatic carbocycles. The standard InChI is InChI=1S/C18H35NO6/c1-2-3-4-5-6-7-8-9-10-11-14(21)19-18-17(24)16(23)15(22)13(12-20)25-18/h13,15-18,20,22-24H,2-12H2,1H3,(H,19,21)/t13-,15-,16+,17-,18-/m1/s1. The van der Waals surface area contributed by atoms with Crippen LogP contribution in [0.25, 0.3) is 0 Å². The van der Waals surface area contributed by atoms with Crippen molar-refractivity contribution in [3.05, 3.63) is 0 Å². The van der Waals surface area contributed by atoms with Crippen LogP contribution in [0.4, 0.5) is 0 Å². The van der Waals surface area contributed by atoms with Crippen molar-refractivity contribution in [3.8, 4) is 0 Å². The van der Waals surface area contributed by atoms with E-state index in [1.165, 1.54) is 38.5 Å². The van der Waals surface area contributed by atoms with E-state index in [1.54, 1.807) is 0 Å². The molecule has 1 fully saturated rings. The van der Waals surface area contributed by atoms with Gasteiger partial charge in [-0.1, -0.05) is 58.3 Å². The van der Waals surface area contributed by atoms with Gasteiger partial charge in [0, 0.05) is 6.42 Å². The van der Waals surface area contributed by atoms with E-state index >= 15 is 0 Å². The summed E-state index contributed by atoms with van der Waals surface area (Å²) in [5.41, 5.74) is 0. The van der Waals surface area contributed by atoms with Crippen molar-refractivity contribution in [2.45, 2.75) is 102 Å². The lowest BCUT2D eigenvalue weighted by Gasteiger charge is -2.40. The molecule has 0 aliphatic carbocycles. The Balaban J connectivity index is 2.15. The van der Waals surface area contributed by atoms with Crippen molar-refractivity contribution < 1.29 is 30.0 Å². The lowest BCUT2D eigenvalue weighted by molar-refractivity contribution is -0.236. The molecule has 5 atom stereocenters. The lowest BCUT2D eigenvalue weighted by Crippen LogP contribution is -2.63. The first-order chi connectivity index (χ1) is 12.0. The summed E-state index contributed by atoms with van der Waals surface area (Å²) in [5.74, 6) is -0.271. The van der Waals surface area contributed by atoms with Gasteiger partial charge in [0.25, 0.3) is 0 Å². The molecule has 1 saturated heterocycles. The third kappa shape index (κ3) is 8.00. The number of carbonyl (C=O) groups excluding carboxylic acids is 1. The summed E-state index contributed by atoms with van der Waals surface area (Å²) in [4.78, 5) is 11.9. The fourth-order valence-corrected chi connectivity index (χ4v) is 3.05. The smallest absolute Gasteiger partial charge is 0.222 e. The average Bonchev–Trinajstić information content (AvgIpc) is 2.60. The average molecular weight is 361 g/mol. The highest BCUT2D eigenvalue weighted by Crippen LogP contribution is 2.20. The fraction of sp³-hybridized carbons (Fsp3) is 0.944. The second-order valence-electron chi connectivity index (χ2n) is 6.90. The molecule has 1 rings (SSSR count). The van der Waals surface area contributed by atoms with E-state index in [1.807, 2.05) is 0 Å². The molecule has 0 radical (unpaired) electrons. The van der Waals surface area contributed by atoms with Gasteiger partial charge in [-0.15, -0.1) is 0 Å². The number of aliphatic hydroxyl groups excluding tert-OH is 4. The molecule has 0 saturated carbocycles. The molecule has 148 valence electrons. The normalized spacial score (nSPS) is 29.6. The SMILES string of the molecule is CCCCCCCCCCCC(=O)N[C@@H]1O[C@H](CO)[C@@H](O)[C@H](O)[C@H]1O. The molecular formula is C18H35NO6. The quantitative estimate of drug-likeness (QED) is 0.328. The van der Waals surface area contributed by atoms with Gasteiger partial charge in [0.2, 0.25) is 5.91 Å². The minimum Gasteiger partial charge on any atom is -0.394 e. The van der Waals surface area contributed by atoms with Gasteiger partial charge < -0.3 is 30.5 Å². The van der Waals surface area contributed by atoms with Crippen molar-refractivity contribution in [2.24, 2.45) is 0 Å². The first kappa shape index (κ1) is 22.3. The van der Waals surface area contributed by atoms with Crippen LogP contribution < -0.4 is 5.32 Å². The number of amides is 1. The van der Waals surface area contributed by atoms with Gasteiger partial charge in [0.05, 0.1) is 6.61 Å². The zero-order chi connectivity index (χ0) is 18.7. The van der Waals surface area contributed by atoms with Gasteiger partial charge in [0.1, 0.15) is 24.4 Å². The van der Waals surface area contributed by atoms with Crippen LogP contribution in [0, 0.1) is 0 Å². The van der Waals surface area contributed by atoms with Gasteiger partial charge >= 0.3 is 0 Å². The third-order valence-corrected chi connectivity index (χ3v) is 4.70. The van der Waals surface area contributed by atoms with Gasteiger partial charge in [-0.2, -0.15) is 0 Å². The van der Waals surface area contributed by atoms with Crippen molar-refractivity contribution in [3.63, 3.8) is 0 Å². The molecule has 0 unspecified atom stereocenters. The Kier molecular flexibility index (Phi) is 11.2. The predicted molar refractivity (Wildman–Crippen MR) is 93.8 cm³/mol. The minimum absolute atomic E-state index is 0.271. The molecule has 1 amide bonds. The Morgan fingerprint density at radius 2 is 1.44 bits per heavy atom. The molecule has 7 heteroatoms. The topological polar surface area (TPSA) is 119 Å². The first-order valence-corrected chi connectivity index (χ1v) is 9.61. The molecule has 25 heavy (non-hydrogen) atoms. The van der Waals surface area contributed by atoms with Crippen molar-refractivity contribution in [1.29, 1.82) is 0 Å². The van der Waals surface area contributed by atoms with Crippen LogP contribution in [0.1, 0.15) is 71.1 Å². The summed E-state index contributed by atoms with van der Waals surface area (Å²) >= 11 is 0. The summed E-state index contributed by atoms with van der Waals surface area (Å²) in [6.45, 7) is 1.70. The van der Waals surface area contributed by atoms with Crippen LogP contribution in [0.5, 0.6) is 0 Å². The summed E-state index contributed by atoms with van der Waals surface area (Å²) < 4.78 is 5.25. The molecule has 7 nitrogen and oxygen atoms in total. The first-order valence-electron chi connectivity index (χ1n) is 9.61. The number of hydrogen-bond acceptors (Lipinski definition) is 6. The Morgan fingerprint density at radius 3 is 2.00 bits per heavy atom. The van der Waals surface area contributed by atoms with Crippen molar-refractivity contribution in [2.75, 3.05) is 6.61 Å². The number of hydrogen-bond donors (Lipinski definition) is 5. The summed E-state index contributed by atoms with van der Waals surface area (Å²) in [6.07, 6.45) is 4.33. The largest absolute Gasteiger partial charge is 0.394 e. The lowest BCUT2D eigenvalue weighted by atomic mass is 9.98. The number of aliphatic hydroxyl groups is 4. The Hall–Kier alpha value is -0.730. The molecule has 5 N–H and O–H groups in total. The van der Waals surface area contributed by atoms with Crippen LogP contribution in [0.3, 0.4) is 0 Å². The van der Waals surface area contributed by atoms with Gasteiger partial charge in [-0.05, 0) is 6.42 Å². The highest BCUT2D eigenvalue weighted by atomic mass is 16.6. The third-order valence-electron chi connectivity index (χ3n) is 4.70. The number of unbranched alkanes of at least 4 members (excludes halogenated alkanes) is 8. The highest BCUT2D eigenvalue weighted by Gasteiger charge is 2.43. The van der Waals surface area contributed by atoms with Gasteiger partial charge in [0.15, 0.2) is 6.23 Å². The molecule has 0 aromatic rings. The van der Waals surface area contributed by atoms with Crippen molar-refractivity contribution in [1.82, 2.24) is 5.32 Å². The second-order valence-corrected chi connectivity index (χ2v) is 6.90. The molecule has 0 spiro atoms. The zero-order valence-electron chi connectivity index (χ0n) is 15.3. The molecule has 1 heterocycles. The summed E-state index contributed by atoms with van der Waals surface area (Å²) in [5, 5.41) is 40.9. The summed E-state index contributed by atoms with van der Waals surface area (Å²) in [6, 6.07) is 0. The maximum atomic E-state index is 11.9. The van der Waals surface area contributed by atoms with E-state index in [0.717, 1.165) is 19.3 Å². The van der Waals surface area contributed by atoms with E-state index in [9.17, 15) is 20.1 Å².